The molecule has 1 amide bonds. The fraction of sp³-hybridized carbons (Fsp3) is 0.300. The van der Waals surface area contributed by atoms with Crippen LogP contribution in [0.5, 0.6) is 5.75 Å². The third-order valence-electron chi connectivity index (χ3n) is 5.25. The summed E-state index contributed by atoms with van der Waals surface area (Å²) in [6.45, 7) is 1.07. The Morgan fingerprint density at radius 2 is 1.80 bits per heavy atom. The Hall–Kier alpha value is -2.29. The van der Waals surface area contributed by atoms with Gasteiger partial charge in [-0.3, -0.25) is 4.79 Å². The Balaban J connectivity index is 1.43. The number of likely N-dealkylation sites (tertiary alicyclic amines) is 1. The van der Waals surface area contributed by atoms with Crippen LogP contribution in [-0.4, -0.2) is 45.3 Å². The predicted octanol–water partition coefficient (Wildman–Crippen LogP) is 3.80. The zero-order chi connectivity index (χ0) is 21.5. The van der Waals surface area contributed by atoms with E-state index < -0.39 is 10.0 Å². The monoisotopic (exact) mass is 467 g/mol. The molecular formula is C20H19Cl2N3O4S. The highest BCUT2D eigenvalue weighted by Gasteiger charge is 2.34. The van der Waals surface area contributed by atoms with Gasteiger partial charge in [-0.2, -0.15) is 8.42 Å². The van der Waals surface area contributed by atoms with Gasteiger partial charge >= 0.3 is 0 Å². The van der Waals surface area contributed by atoms with Crippen molar-refractivity contribution >= 4 is 50.7 Å². The van der Waals surface area contributed by atoms with Crippen molar-refractivity contribution in [3.63, 3.8) is 0 Å². The van der Waals surface area contributed by atoms with E-state index in [1.54, 1.807) is 36.4 Å². The van der Waals surface area contributed by atoms with Gasteiger partial charge in [0.15, 0.2) is 11.6 Å². The number of rotatable bonds is 3. The molecular weight excluding hydrogens is 449 g/mol. The van der Waals surface area contributed by atoms with Crippen molar-refractivity contribution in [3.05, 3.63) is 52.0 Å². The standard InChI is InChI=1S/C20H19Cl2N3O4S/c1-29-18-15(21)10-13(11-16(18)22)23-20(26)12-6-8-25(9-7-12)19-14-4-2-3-5-17(14)30(27,28)24-19/h2-5,10-12H,6-9H2,1H3,(H,23,26). The van der Waals surface area contributed by atoms with Crippen LogP contribution in [0.15, 0.2) is 45.7 Å². The minimum absolute atomic E-state index is 0.131. The first kappa shape index (κ1) is 21.0. The van der Waals surface area contributed by atoms with Gasteiger partial charge in [0, 0.05) is 30.3 Å². The highest BCUT2D eigenvalue weighted by molar-refractivity contribution is 7.90. The van der Waals surface area contributed by atoms with E-state index in [0.717, 1.165) is 0 Å². The highest BCUT2D eigenvalue weighted by Crippen LogP contribution is 2.36. The molecule has 0 atom stereocenters. The maximum atomic E-state index is 12.7. The maximum Gasteiger partial charge on any atom is 0.285 e. The average Bonchev–Trinajstić information content (AvgIpc) is 2.99. The van der Waals surface area contributed by atoms with Crippen LogP contribution in [0.1, 0.15) is 18.4 Å². The van der Waals surface area contributed by atoms with Crippen molar-refractivity contribution in [3.8, 4) is 5.75 Å². The second-order valence-electron chi connectivity index (χ2n) is 7.11. The Bertz CT molecular complexity index is 1120. The first-order valence-corrected chi connectivity index (χ1v) is 11.5. The topological polar surface area (TPSA) is 88.1 Å². The van der Waals surface area contributed by atoms with Crippen molar-refractivity contribution in [1.29, 1.82) is 0 Å². The van der Waals surface area contributed by atoms with E-state index in [0.29, 0.717) is 58.8 Å². The molecule has 0 aromatic heterocycles. The van der Waals surface area contributed by atoms with Crippen LogP contribution in [0.25, 0.3) is 0 Å². The number of halogens is 2. The average molecular weight is 468 g/mol. The summed E-state index contributed by atoms with van der Waals surface area (Å²) in [5.41, 5.74) is 1.11. The summed E-state index contributed by atoms with van der Waals surface area (Å²) < 4.78 is 33.6. The van der Waals surface area contributed by atoms with Gasteiger partial charge in [0.1, 0.15) is 4.90 Å². The first-order valence-electron chi connectivity index (χ1n) is 9.33. The summed E-state index contributed by atoms with van der Waals surface area (Å²) in [6.07, 6.45) is 1.15. The minimum Gasteiger partial charge on any atom is -0.494 e. The van der Waals surface area contributed by atoms with Gasteiger partial charge in [-0.25, -0.2) is 0 Å². The van der Waals surface area contributed by atoms with E-state index in [2.05, 4.69) is 9.71 Å². The Labute approximate surface area is 184 Å². The van der Waals surface area contributed by atoms with E-state index in [1.807, 2.05) is 4.90 Å². The van der Waals surface area contributed by atoms with E-state index >= 15 is 0 Å². The molecule has 1 N–H and O–H groups in total. The Morgan fingerprint density at radius 1 is 1.17 bits per heavy atom. The molecule has 1 fully saturated rings. The van der Waals surface area contributed by atoms with E-state index in [9.17, 15) is 13.2 Å². The normalized spacial score (nSPS) is 18.0. The van der Waals surface area contributed by atoms with E-state index in [4.69, 9.17) is 27.9 Å². The van der Waals surface area contributed by atoms with Crippen molar-refractivity contribution < 1.29 is 17.9 Å². The molecule has 2 heterocycles. The predicted molar refractivity (Wildman–Crippen MR) is 116 cm³/mol. The number of hydrogen-bond donors (Lipinski definition) is 1. The molecule has 7 nitrogen and oxygen atoms in total. The number of nitrogens with one attached hydrogen (secondary N) is 1. The number of carbonyl (C=O) groups is 1. The summed E-state index contributed by atoms with van der Waals surface area (Å²) in [4.78, 5) is 14.9. The lowest BCUT2D eigenvalue weighted by Crippen LogP contribution is -2.41. The number of hydrogen-bond acceptors (Lipinski definition) is 5. The number of anilines is 1. The minimum atomic E-state index is -3.66. The quantitative estimate of drug-likeness (QED) is 0.741. The van der Waals surface area contributed by atoms with Crippen LogP contribution in [-0.2, 0) is 14.8 Å². The molecule has 1 saturated heterocycles. The molecule has 0 unspecified atom stereocenters. The fourth-order valence-electron chi connectivity index (χ4n) is 3.74. The van der Waals surface area contributed by atoms with Gasteiger partial charge in [-0.15, -0.1) is 4.40 Å². The molecule has 0 saturated carbocycles. The van der Waals surface area contributed by atoms with Gasteiger partial charge in [-0.1, -0.05) is 35.3 Å². The van der Waals surface area contributed by atoms with Crippen molar-refractivity contribution in [1.82, 2.24) is 4.90 Å². The number of benzene rings is 2. The second kappa shape index (κ2) is 8.09. The number of piperidine rings is 1. The number of amidine groups is 1. The van der Waals surface area contributed by atoms with Crippen LogP contribution < -0.4 is 10.1 Å². The summed E-state index contributed by atoms with van der Waals surface area (Å²) >= 11 is 12.3. The number of nitrogens with zero attached hydrogens (tertiary/aromatic N) is 2. The van der Waals surface area contributed by atoms with Crippen LogP contribution in [0.2, 0.25) is 10.0 Å². The molecule has 2 aromatic rings. The maximum absolute atomic E-state index is 12.7. The van der Waals surface area contributed by atoms with Crippen LogP contribution in [0.3, 0.4) is 0 Å². The van der Waals surface area contributed by atoms with Crippen LogP contribution in [0.4, 0.5) is 5.69 Å². The number of methoxy groups -OCH3 is 1. The van der Waals surface area contributed by atoms with Crippen molar-refractivity contribution in [2.45, 2.75) is 17.7 Å². The zero-order valence-electron chi connectivity index (χ0n) is 16.1. The first-order chi connectivity index (χ1) is 14.3. The fourth-order valence-corrected chi connectivity index (χ4v) is 5.61. The smallest absolute Gasteiger partial charge is 0.285 e. The molecule has 158 valence electrons. The van der Waals surface area contributed by atoms with E-state index in [-0.39, 0.29) is 16.7 Å². The van der Waals surface area contributed by atoms with Crippen molar-refractivity contribution in [2.75, 3.05) is 25.5 Å². The molecule has 0 spiro atoms. The number of ether oxygens (including phenoxy) is 1. The zero-order valence-corrected chi connectivity index (χ0v) is 18.4. The van der Waals surface area contributed by atoms with Gasteiger partial charge in [0.2, 0.25) is 5.91 Å². The third kappa shape index (κ3) is 3.87. The molecule has 2 aliphatic heterocycles. The number of sulfonamides is 1. The summed E-state index contributed by atoms with van der Waals surface area (Å²) in [5.74, 6) is 0.471. The number of carbonyl (C=O) groups excluding carboxylic acids is 1. The highest BCUT2D eigenvalue weighted by atomic mass is 35.5. The lowest BCUT2D eigenvalue weighted by Gasteiger charge is -2.32. The number of amides is 1. The molecule has 30 heavy (non-hydrogen) atoms. The number of fused-ring (bicyclic) bond motifs is 1. The van der Waals surface area contributed by atoms with Gasteiger partial charge in [0.25, 0.3) is 10.0 Å². The lowest BCUT2D eigenvalue weighted by atomic mass is 9.95. The molecule has 0 aliphatic carbocycles. The van der Waals surface area contributed by atoms with Crippen LogP contribution >= 0.6 is 23.2 Å². The van der Waals surface area contributed by atoms with E-state index in [1.165, 1.54) is 7.11 Å². The van der Waals surface area contributed by atoms with Crippen LogP contribution in [0, 0.1) is 5.92 Å². The summed E-state index contributed by atoms with van der Waals surface area (Å²) in [7, 11) is -2.19. The largest absolute Gasteiger partial charge is 0.494 e. The molecule has 4 rings (SSSR count). The van der Waals surface area contributed by atoms with Gasteiger partial charge < -0.3 is 15.0 Å². The third-order valence-corrected chi connectivity index (χ3v) is 7.13. The molecule has 2 aliphatic rings. The molecule has 0 radical (unpaired) electrons. The second-order valence-corrected chi connectivity index (χ2v) is 9.50. The lowest BCUT2D eigenvalue weighted by molar-refractivity contribution is -0.120. The van der Waals surface area contributed by atoms with Gasteiger partial charge in [-0.05, 0) is 37.1 Å². The summed E-state index contributed by atoms with van der Waals surface area (Å²) in [6, 6.07) is 9.98. The molecule has 0 bridgehead atoms. The van der Waals surface area contributed by atoms with Crippen molar-refractivity contribution in [2.24, 2.45) is 10.3 Å². The SMILES string of the molecule is COc1c(Cl)cc(NC(=O)C2CCN(C3=NS(=O)(=O)c4ccccc43)CC2)cc1Cl. The molecule has 2 aromatic carbocycles. The Kier molecular flexibility index (Phi) is 5.65. The van der Waals surface area contributed by atoms with Gasteiger partial charge in [0.05, 0.1) is 17.2 Å². The Morgan fingerprint density at radius 3 is 2.43 bits per heavy atom. The molecule has 10 heteroatoms. The summed E-state index contributed by atoms with van der Waals surface area (Å²) in [5, 5.41) is 3.48.